The van der Waals surface area contributed by atoms with E-state index >= 15 is 0 Å². The lowest BCUT2D eigenvalue weighted by molar-refractivity contribution is 0.0595. The molecule has 0 atom stereocenters. The summed E-state index contributed by atoms with van der Waals surface area (Å²) in [6, 6.07) is 3.01. The molecule has 0 fully saturated rings. The van der Waals surface area contributed by atoms with Crippen LogP contribution in [-0.2, 0) is 11.2 Å². The van der Waals surface area contributed by atoms with Gasteiger partial charge in [0.1, 0.15) is 17.5 Å². The molecule has 1 heterocycles. The van der Waals surface area contributed by atoms with Crippen molar-refractivity contribution in [3.8, 4) is 5.69 Å². The second kappa shape index (κ2) is 5.85. The molecule has 1 aromatic heterocycles. The first kappa shape index (κ1) is 15.5. The number of carbonyl (C=O) groups excluding carboxylic acids is 1. The fraction of sp³-hybridized carbons (Fsp3) is 0.286. The minimum absolute atomic E-state index is 0.0641. The van der Waals surface area contributed by atoms with Gasteiger partial charge in [-0.15, -0.1) is 0 Å². The van der Waals surface area contributed by atoms with E-state index in [1.807, 2.05) is 6.92 Å². The number of nitrogen functional groups attached to an aromatic ring is 1. The number of aromatic nitrogens is 2. The van der Waals surface area contributed by atoms with Gasteiger partial charge in [0.25, 0.3) is 0 Å². The summed E-state index contributed by atoms with van der Waals surface area (Å²) in [6.45, 7) is 3.66. The molecule has 0 aliphatic carbocycles. The molecule has 0 amide bonds. The highest BCUT2D eigenvalue weighted by molar-refractivity contribution is 9.10. The molecule has 0 radical (unpaired) electrons. The number of nitrogens with two attached hydrogens (primary N) is 1. The number of carbonyl (C=O) groups is 1. The van der Waals surface area contributed by atoms with E-state index in [2.05, 4.69) is 25.7 Å². The van der Waals surface area contributed by atoms with Crippen LogP contribution in [0.15, 0.2) is 16.6 Å². The third kappa shape index (κ3) is 2.65. The molecule has 0 saturated heterocycles. The summed E-state index contributed by atoms with van der Waals surface area (Å²) in [5.41, 5.74) is 7.45. The number of hydrogen-bond donors (Lipinski definition) is 1. The minimum atomic E-state index is -0.597. The van der Waals surface area contributed by atoms with Crippen molar-refractivity contribution in [3.05, 3.63) is 39.5 Å². The average molecular weight is 356 g/mol. The number of esters is 1. The van der Waals surface area contributed by atoms with Gasteiger partial charge in [-0.3, -0.25) is 4.57 Å². The molecule has 5 nitrogen and oxygen atoms in total. The summed E-state index contributed by atoms with van der Waals surface area (Å²) in [5.74, 6) is -0.171. The molecule has 7 heteroatoms. The number of nitrogens with zero attached hydrogens (tertiary/aromatic N) is 2. The van der Waals surface area contributed by atoms with Crippen LogP contribution in [0.4, 0.5) is 10.2 Å². The minimum Gasteiger partial charge on any atom is -0.464 e. The number of rotatable bonds is 3. The van der Waals surface area contributed by atoms with E-state index in [1.165, 1.54) is 13.2 Å². The lowest BCUT2D eigenvalue weighted by Gasteiger charge is -2.13. The summed E-state index contributed by atoms with van der Waals surface area (Å²) in [4.78, 5) is 15.9. The van der Waals surface area contributed by atoms with Crippen LogP contribution >= 0.6 is 15.9 Å². The molecule has 112 valence electrons. The van der Waals surface area contributed by atoms with Crippen LogP contribution in [-0.4, -0.2) is 22.6 Å². The number of imidazole rings is 1. The van der Waals surface area contributed by atoms with Gasteiger partial charge >= 0.3 is 5.97 Å². The average Bonchev–Trinajstić information content (AvgIpc) is 2.79. The summed E-state index contributed by atoms with van der Waals surface area (Å²) in [7, 11) is 1.27. The highest BCUT2D eigenvalue weighted by Gasteiger charge is 2.22. The molecule has 1 aromatic carbocycles. The summed E-state index contributed by atoms with van der Waals surface area (Å²) < 4.78 is 20.2. The van der Waals surface area contributed by atoms with E-state index in [4.69, 9.17) is 5.73 Å². The largest absolute Gasteiger partial charge is 0.464 e. The lowest BCUT2D eigenvalue weighted by Crippen LogP contribution is -2.09. The molecule has 0 bridgehead atoms. The van der Waals surface area contributed by atoms with Crippen LogP contribution in [0.3, 0.4) is 0 Å². The predicted octanol–water partition coefficient (Wildman–Crippen LogP) is 3.01. The Morgan fingerprint density at radius 3 is 2.76 bits per heavy atom. The molecule has 2 N–H and O–H groups in total. The Morgan fingerprint density at radius 2 is 2.19 bits per heavy atom. The number of halogens is 2. The molecule has 0 aliphatic rings. The van der Waals surface area contributed by atoms with E-state index in [9.17, 15) is 9.18 Å². The van der Waals surface area contributed by atoms with E-state index < -0.39 is 5.97 Å². The van der Waals surface area contributed by atoms with Crippen molar-refractivity contribution in [2.75, 3.05) is 12.8 Å². The van der Waals surface area contributed by atoms with Crippen LogP contribution in [0.2, 0.25) is 0 Å². The van der Waals surface area contributed by atoms with Crippen molar-refractivity contribution in [3.63, 3.8) is 0 Å². The Balaban J connectivity index is 2.72. The van der Waals surface area contributed by atoms with Crippen molar-refractivity contribution < 1.29 is 13.9 Å². The van der Waals surface area contributed by atoms with Gasteiger partial charge in [-0.1, -0.05) is 6.92 Å². The van der Waals surface area contributed by atoms with E-state index in [1.54, 1.807) is 17.6 Å². The first-order chi connectivity index (χ1) is 9.90. The van der Waals surface area contributed by atoms with E-state index in [-0.39, 0.29) is 17.3 Å². The molecular formula is C14H15BrFN3O2. The number of aryl methyl sites for hydroxylation is 2. The number of methoxy groups -OCH3 is 1. The SMILES string of the molecule is CCc1nc(C(=O)OC)c(N)n1-c1cc(Br)c(F)cc1C. The molecule has 2 aromatic rings. The zero-order valence-electron chi connectivity index (χ0n) is 11.9. The normalized spacial score (nSPS) is 10.7. The maximum absolute atomic E-state index is 13.6. The Hall–Kier alpha value is -1.89. The van der Waals surface area contributed by atoms with E-state index in [0.29, 0.717) is 28.0 Å². The van der Waals surface area contributed by atoms with Gasteiger partial charge in [-0.25, -0.2) is 14.2 Å². The molecular weight excluding hydrogens is 341 g/mol. The van der Waals surface area contributed by atoms with Gasteiger partial charge in [0.2, 0.25) is 0 Å². The van der Waals surface area contributed by atoms with Crippen molar-refractivity contribution >= 4 is 27.7 Å². The van der Waals surface area contributed by atoms with Crippen LogP contribution in [0, 0.1) is 12.7 Å². The van der Waals surface area contributed by atoms with Crippen LogP contribution < -0.4 is 5.73 Å². The first-order valence-corrected chi connectivity index (χ1v) is 7.11. The molecule has 0 unspecified atom stereocenters. The second-order valence-electron chi connectivity index (χ2n) is 4.50. The number of hydrogen-bond acceptors (Lipinski definition) is 4. The molecule has 21 heavy (non-hydrogen) atoms. The highest BCUT2D eigenvalue weighted by atomic mass is 79.9. The Labute approximate surface area is 130 Å². The maximum Gasteiger partial charge on any atom is 0.360 e. The number of anilines is 1. The van der Waals surface area contributed by atoms with Crippen molar-refractivity contribution in [1.29, 1.82) is 0 Å². The van der Waals surface area contributed by atoms with Gasteiger partial charge in [0, 0.05) is 6.42 Å². The Morgan fingerprint density at radius 1 is 1.52 bits per heavy atom. The van der Waals surface area contributed by atoms with Gasteiger partial charge in [0.15, 0.2) is 5.69 Å². The van der Waals surface area contributed by atoms with Crippen molar-refractivity contribution in [2.24, 2.45) is 0 Å². The van der Waals surface area contributed by atoms with Crippen LogP contribution in [0.25, 0.3) is 5.69 Å². The monoisotopic (exact) mass is 355 g/mol. The Kier molecular flexibility index (Phi) is 4.32. The fourth-order valence-electron chi connectivity index (χ4n) is 2.11. The summed E-state index contributed by atoms with van der Waals surface area (Å²) in [6.07, 6.45) is 0.565. The first-order valence-electron chi connectivity index (χ1n) is 6.32. The van der Waals surface area contributed by atoms with Gasteiger partial charge in [0.05, 0.1) is 17.3 Å². The van der Waals surface area contributed by atoms with Crippen molar-refractivity contribution in [1.82, 2.24) is 9.55 Å². The zero-order valence-corrected chi connectivity index (χ0v) is 13.5. The molecule has 0 spiro atoms. The van der Waals surface area contributed by atoms with Gasteiger partial charge in [-0.05, 0) is 40.5 Å². The molecule has 0 saturated carbocycles. The smallest absolute Gasteiger partial charge is 0.360 e. The maximum atomic E-state index is 13.6. The topological polar surface area (TPSA) is 70.1 Å². The third-order valence-corrected chi connectivity index (χ3v) is 3.76. The molecule has 2 rings (SSSR count). The third-order valence-electron chi connectivity index (χ3n) is 3.16. The quantitative estimate of drug-likeness (QED) is 0.859. The van der Waals surface area contributed by atoms with Gasteiger partial charge < -0.3 is 10.5 Å². The standard InChI is InChI=1S/C14H15BrFN3O2/c1-4-11-18-12(14(20)21-3)13(17)19(11)10-6-8(15)9(16)5-7(10)2/h5-6H,4,17H2,1-3H3. The van der Waals surface area contributed by atoms with Crippen LogP contribution in [0.5, 0.6) is 0 Å². The van der Waals surface area contributed by atoms with E-state index in [0.717, 1.165) is 0 Å². The molecule has 0 aliphatic heterocycles. The number of benzene rings is 1. The zero-order chi connectivity index (χ0) is 15.7. The van der Waals surface area contributed by atoms with Crippen LogP contribution in [0.1, 0.15) is 28.8 Å². The fourth-order valence-corrected chi connectivity index (χ4v) is 2.44. The van der Waals surface area contributed by atoms with Crippen molar-refractivity contribution in [2.45, 2.75) is 20.3 Å². The highest BCUT2D eigenvalue weighted by Crippen LogP contribution is 2.28. The number of ether oxygens (including phenoxy) is 1. The Bertz CT molecular complexity index is 713. The second-order valence-corrected chi connectivity index (χ2v) is 5.35. The summed E-state index contributed by atoms with van der Waals surface area (Å²) >= 11 is 3.16. The predicted molar refractivity (Wildman–Crippen MR) is 81.1 cm³/mol. The van der Waals surface area contributed by atoms with Gasteiger partial charge in [-0.2, -0.15) is 0 Å². The lowest BCUT2D eigenvalue weighted by atomic mass is 10.2. The summed E-state index contributed by atoms with van der Waals surface area (Å²) in [5, 5.41) is 0.